The number of aromatic nitrogens is 2. The van der Waals surface area contributed by atoms with Crippen molar-refractivity contribution in [3.8, 4) is 11.3 Å². The smallest absolute Gasteiger partial charge is 0.222 e. The van der Waals surface area contributed by atoms with Gasteiger partial charge in [-0.2, -0.15) is 0 Å². The summed E-state index contributed by atoms with van der Waals surface area (Å²) in [6.45, 7) is 6.43. The second-order valence-corrected chi connectivity index (χ2v) is 4.75. The molecule has 0 radical (unpaired) electrons. The molecular formula is C15H19N3. The summed E-state index contributed by atoms with van der Waals surface area (Å²) in [5, 5.41) is 2.97. The lowest BCUT2D eigenvalue weighted by atomic mass is 10.00. The molecule has 0 aliphatic carbocycles. The fourth-order valence-corrected chi connectivity index (χ4v) is 1.88. The van der Waals surface area contributed by atoms with E-state index in [9.17, 15) is 0 Å². The lowest BCUT2D eigenvalue weighted by Gasteiger charge is -2.09. The van der Waals surface area contributed by atoms with E-state index >= 15 is 0 Å². The number of hydrogen-bond donors (Lipinski definition) is 1. The molecule has 1 aromatic heterocycles. The summed E-state index contributed by atoms with van der Waals surface area (Å²) in [6, 6.07) is 8.59. The van der Waals surface area contributed by atoms with Crippen molar-refractivity contribution >= 4 is 5.95 Å². The molecule has 2 aromatic rings. The highest BCUT2D eigenvalue weighted by atomic mass is 15.1. The van der Waals surface area contributed by atoms with Crippen LogP contribution >= 0.6 is 0 Å². The van der Waals surface area contributed by atoms with E-state index in [1.807, 2.05) is 20.2 Å². The first-order chi connectivity index (χ1) is 8.61. The van der Waals surface area contributed by atoms with Crippen molar-refractivity contribution in [2.24, 2.45) is 0 Å². The Hall–Kier alpha value is -1.90. The van der Waals surface area contributed by atoms with E-state index in [1.165, 1.54) is 5.56 Å². The second kappa shape index (κ2) is 5.17. The number of nitrogens with zero attached hydrogens (tertiary/aromatic N) is 2. The standard InChI is InChI=1S/C15H19N3/c1-10(2)12-5-7-13(8-6-12)14-11(3)9-17-15(16-4)18-14/h5-10H,1-4H3,(H,16,17,18). The fraction of sp³-hybridized carbons (Fsp3) is 0.333. The first kappa shape index (κ1) is 12.6. The molecule has 0 aliphatic heterocycles. The molecule has 18 heavy (non-hydrogen) atoms. The monoisotopic (exact) mass is 241 g/mol. The summed E-state index contributed by atoms with van der Waals surface area (Å²) in [5.74, 6) is 1.21. The summed E-state index contributed by atoms with van der Waals surface area (Å²) >= 11 is 0. The highest BCUT2D eigenvalue weighted by Gasteiger charge is 2.06. The largest absolute Gasteiger partial charge is 0.357 e. The molecule has 3 heteroatoms. The molecule has 0 saturated heterocycles. The van der Waals surface area contributed by atoms with Crippen LogP contribution in [0.1, 0.15) is 30.9 Å². The molecule has 0 amide bonds. The van der Waals surface area contributed by atoms with Gasteiger partial charge in [0, 0.05) is 18.8 Å². The third kappa shape index (κ3) is 2.50. The van der Waals surface area contributed by atoms with Gasteiger partial charge in [0.25, 0.3) is 0 Å². The van der Waals surface area contributed by atoms with Crippen LogP contribution in [0.25, 0.3) is 11.3 Å². The quantitative estimate of drug-likeness (QED) is 0.892. The zero-order chi connectivity index (χ0) is 13.1. The van der Waals surface area contributed by atoms with E-state index in [2.05, 4.69) is 53.4 Å². The zero-order valence-electron chi connectivity index (χ0n) is 11.4. The van der Waals surface area contributed by atoms with E-state index in [-0.39, 0.29) is 0 Å². The highest BCUT2D eigenvalue weighted by Crippen LogP contribution is 2.24. The molecule has 1 aromatic carbocycles. The third-order valence-electron chi connectivity index (χ3n) is 3.05. The molecule has 94 valence electrons. The van der Waals surface area contributed by atoms with Gasteiger partial charge in [-0.3, -0.25) is 0 Å². The third-order valence-corrected chi connectivity index (χ3v) is 3.05. The maximum Gasteiger partial charge on any atom is 0.222 e. The van der Waals surface area contributed by atoms with Gasteiger partial charge >= 0.3 is 0 Å². The molecular weight excluding hydrogens is 222 g/mol. The normalized spacial score (nSPS) is 10.7. The highest BCUT2D eigenvalue weighted by molar-refractivity contribution is 5.64. The number of hydrogen-bond acceptors (Lipinski definition) is 3. The molecule has 0 saturated carbocycles. The van der Waals surface area contributed by atoms with Gasteiger partial charge in [0.1, 0.15) is 0 Å². The van der Waals surface area contributed by atoms with Crippen LogP contribution in [0.2, 0.25) is 0 Å². The van der Waals surface area contributed by atoms with E-state index in [0.29, 0.717) is 11.9 Å². The van der Waals surface area contributed by atoms with Gasteiger partial charge < -0.3 is 5.32 Å². The van der Waals surface area contributed by atoms with Crippen molar-refractivity contribution in [1.29, 1.82) is 0 Å². The summed E-state index contributed by atoms with van der Waals surface area (Å²) in [7, 11) is 1.83. The second-order valence-electron chi connectivity index (χ2n) is 4.75. The number of rotatable bonds is 3. The molecule has 0 aliphatic rings. The van der Waals surface area contributed by atoms with E-state index in [1.54, 1.807) is 0 Å². The van der Waals surface area contributed by atoms with Gasteiger partial charge in [0.2, 0.25) is 5.95 Å². The topological polar surface area (TPSA) is 37.8 Å². The molecule has 0 atom stereocenters. The Kier molecular flexibility index (Phi) is 3.60. The van der Waals surface area contributed by atoms with Crippen LogP contribution in [-0.2, 0) is 0 Å². The average Bonchev–Trinajstić information content (AvgIpc) is 2.39. The molecule has 1 heterocycles. The lowest BCUT2D eigenvalue weighted by molar-refractivity contribution is 0.867. The Morgan fingerprint density at radius 1 is 1.11 bits per heavy atom. The predicted octanol–water partition coefficient (Wildman–Crippen LogP) is 3.62. The van der Waals surface area contributed by atoms with Crippen LogP contribution in [0.4, 0.5) is 5.95 Å². The van der Waals surface area contributed by atoms with Crippen LogP contribution in [0.5, 0.6) is 0 Å². The first-order valence-corrected chi connectivity index (χ1v) is 6.23. The maximum absolute atomic E-state index is 4.51. The van der Waals surface area contributed by atoms with Crippen molar-refractivity contribution < 1.29 is 0 Å². The lowest BCUT2D eigenvalue weighted by Crippen LogP contribution is -1.99. The maximum atomic E-state index is 4.51. The Morgan fingerprint density at radius 2 is 1.78 bits per heavy atom. The minimum atomic E-state index is 0.554. The van der Waals surface area contributed by atoms with Crippen molar-refractivity contribution in [1.82, 2.24) is 9.97 Å². The summed E-state index contributed by atoms with van der Waals surface area (Å²) in [4.78, 5) is 8.72. The van der Waals surface area contributed by atoms with Gasteiger partial charge in [-0.25, -0.2) is 9.97 Å². The Bertz CT molecular complexity index is 530. The van der Waals surface area contributed by atoms with Gasteiger partial charge in [-0.05, 0) is 24.0 Å². The van der Waals surface area contributed by atoms with E-state index in [4.69, 9.17) is 0 Å². The van der Waals surface area contributed by atoms with Crippen molar-refractivity contribution in [2.45, 2.75) is 26.7 Å². The summed E-state index contributed by atoms with van der Waals surface area (Å²) < 4.78 is 0. The van der Waals surface area contributed by atoms with Crippen molar-refractivity contribution in [2.75, 3.05) is 12.4 Å². The summed E-state index contributed by atoms with van der Waals surface area (Å²) in [6.07, 6.45) is 1.85. The van der Waals surface area contributed by atoms with Gasteiger partial charge in [-0.15, -0.1) is 0 Å². The Balaban J connectivity index is 2.41. The zero-order valence-corrected chi connectivity index (χ0v) is 11.4. The minimum absolute atomic E-state index is 0.554. The van der Waals surface area contributed by atoms with Gasteiger partial charge in [0.05, 0.1) is 5.69 Å². The molecule has 2 rings (SSSR count). The molecule has 1 N–H and O–H groups in total. The van der Waals surface area contributed by atoms with Crippen LogP contribution in [0, 0.1) is 6.92 Å². The van der Waals surface area contributed by atoms with Gasteiger partial charge in [0.15, 0.2) is 0 Å². The molecule has 0 spiro atoms. The number of nitrogens with one attached hydrogen (secondary N) is 1. The molecule has 0 fully saturated rings. The minimum Gasteiger partial charge on any atom is -0.357 e. The number of benzene rings is 1. The first-order valence-electron chi connectivity index (χ1n) is 6.23. The van der Waals surface area contributed by atoms with Crippen LogP contribution < -0.4 is 5.32 Å². The van der Waals surface area contributed by atoms with Crippen molar-refractivity contribution in [3.05, 3.63) is 41.6 Å². The van der Waals surface area contributed by atoms with E-state index < -0.39 is 0 Å². The number of aryl methyl sites for hydroxylation is 1. The Labute approximate surface area is 108 Å². The summed E-state index contributed by atoms with van der Waals surface area (Å²) in [5.41, 5.74) is 4.56. The average molecular weight is 241 g/mol. The molecule has 3 nitrogen and oxygen atoms in total. The molecule has 0 unspecified atom stereocenters. The Morgan fingerprint density at radius 3 is 2.33 bits per heavy atom. The SMILES string of the molecule is CNc1ncc(C)c(-c2ccc(C(C)C)cc2)n1. The van der Waals surface area contributed by atoms with Gasteiger partial charge in [-0.1, -0.05) is 38.1 Å². The van der Waals surface area contributed by atoms with E-state index in [0.717, 1.165) is 16.8 Å². The predicted molar refractivity (Wildman–Crippen MR) is 75.8 cm³/mol. The van der Waals surface area contributed by atoms with Crippen LogP contribution in [0.3, 0.4) is 0 Å². The number of anilines is 1. The van der Waals surface area contributed by atoms with Crippen LogP contribution in [-0.4, -0.2) is 17.0 Å². The van der Waals surface area contributed by atoms with Crippen LogP contribution in [0.15, 0.2) is 30.5 Å². The van der Waals surface area contributed by atoms with Crippen molar-refractivity contribution in [3.63, 3.8) is 0 Å². The molecule has 0 bridgehead atoms. The fourth-order valence-electron chi connectivity index (χ4n) is 1.88.